The summed E-state index contributed by atoms with van der Waals surface area (Å²) in [6.45, 7) is 2.82. The van der Waals surface area contributed by atoms with Crippen molar-refractivity contribution in [3.8, 4) is 0 Å². The first kappa shape index (κ1) is 23.8. The fourth-order valence-electron chi connectivity index (χ4n) is 4.03. The first-order valence-electron chi connectivity index (χ1n) is 10.6. The molecule has 0 bridgehead atoms. The smallest absolute Gasteiger partial charge is 0.271 e. The minimum absolute atomic E-state index is 0.132. The molecule has 0 spiro atoms. The van der Waals surface area contributed by atoms with Crippen molar-refractivity contribution in [2.75, 3.05) is 0 Å². The van der Waals surface area contributed by atoms with Gasteiger partial charge in [-0.25, -0.2) is 36.1 Å². The number of fused-ring (bicyclic) bond motifs is 1. The normalized spacial score (nSPS) is 18.2. The van der Waals surface area contributed by atoms with Gasteiger partial charge >= 0.3 is 0 Å². The van der Waals surface area contributed by atoms with Gasteiger partial charge in [-0.15, -0.1) is 5.10 Å². The number of carbonyl (C=O) groups is 1. The molecule has 182 valence electrons. The maximum Gasteiger partial charge on any atom is 0.271 e. The quantitative estimate of drug-likeness (QED) is 0.492. The molecule has 34 heavy (non-hydrogen) atoms. The Hall–Kier alpha value is -3.38. The molecule has 0 radical (unpaired) electrons. The van der Waals surface area contributed by atoms with Crippen molar-refractivity contribution in [2.24, 2.45) is 5.92 Å². The van der Waals surface area contributed by atoms with Gasteiger partial charge in [-0.1, -0.05) is 17.9 Å². The fourth-order valence-corrected chi connectivity index (χ4v) is 4.03. The monoisotopic (exact) mass is 483 g/mol. The SMILES string of the molecule is C=Cc1cnn2cc(C(NC(=O)c3cnnn3CC(F)C(F)F)C3CCC(F)(F)CC3)nc2c1. The summed E-state index contributed by atoms with van der Waals surface area (Å²) < 4.78 is 68.6. The third kappa shape index (κ3) is 5.07. The molecule has 3 aromatic heterocycles. The van der Waals surface area contributed by atoms with Gasteiger partial charge < -0.3 is 5.32 Å². The number of aromatic nitrogens is 6. The minimum Gasteiger partial charge on any atom is -0.342 e. The third-order valence-corrected chi connectivity index (χ3v) is 5.91. The fraction of sp³-hybridized carbons (Fsp3) is 0.476. The lowest BCUT2D eigenvalue weighted by Gasteiger charge is -2.33. The maximum atomic E-state index is 13.8. The van der Waals surface area contributed by atoms with E-state index in [0.717, 1.165) is 16.4 Å². The van der Waals surface area contributed by atoms with E-state index in [1.165, 1.54) is 4.52 Å². The summed E-state index contributed by atoms with van der Waals surface area (Å²) >= 11 is 0. The van der Waals surface area contributed by atoms with Crippen LogP contribution in [0.3, 0.4) is 0 Å². The number of halogens is 5. The summed E-state index contributed by atoms with van der Waals surface area (Å²) in [6, 6.07) is 0.944. The maximum absolute atomic E-state index is 13.8. The average molecular weight is 483 g/mol. The number of alkyl halides is 5. The average Bonchev–Trinajstić information content (AvgIpc) is 3.43. The molecule has 0 aromatic carbocycles. The van der Waals surface area contributed by atoms with E-state index in [4.69, 9.17) is 0 Å². The standard InChI is InChI=1S/C21H22F5N7O/c1-2-12-7-17-29-15(11-33(17)28-8-12)18(13-3-5-21(25,26)6-4-13)30-20(34)16-9-27-31-32(16)10-14(22)19(23)24/h2,7-9,11,13-14,18-19H,1,3-6,10H2,(H,30,34). The predicted octanol–water partition coefficient (Wildman–Crippen LogP) is 3.86. The summed E-state index contributed by atoms with van der Waals surface area (Å²) in [6.07, 6.45) is -0.419. The van der Waals surface area contributed by atoms with Crippen LogP contribution >= 0.6 is 0 Å². The Morgan fingerprint density at radius 2 is 2.00 bits per heavy atom. The van der Waals surface area contributed by atoms with Crippen molar-refractivity contribution < 1.29 is 26.7 Å². The highest BCUT2D eigenvalue weighted by Gasteiger charge is 2.39. The van der Waals surface area contributed by atoms with Crippen molar-refractivity contribution in [3.05, 3.63) is 48.2 Å². The zero-order valence-corrected chi connectivity index (χ0v) is 17.9. The molecule has 3 aromatic rings. The zero-order chi connectivity index (χ0) is 24.5. The molecule has 1 aliphatic rings. The van der Waals surface area contributed by atoms with E-state index in [0.29, 0.717) is 11.3 Å². The van der Waals surface area contributed by atoms with Crippen LogP contribution in [0.4, 0.5) is 22.0 Å². The number of nitrogens with one attached hydrogen (secondary N) is 1. The van der Waals surface area contributed by atoms with Crippen LogP contribution in [-0.2, 0) is 6.54 Å². The van der Waals surface area contributed by atoms with Crippen LogP contribution in [-0.4, -0.2) is 54.0 Å². The second kappa shape index (κ2) is 9.47. The topological polar surface area (TPSA) is 90.0 Å². The number of rotatable bonds is 8. The molecule has 0 saturated heterocycles. The van der Waals surface area contributed by atoms with E-state index >= 15 is 0 Å². The number of imidazole rings is 1. The molecule has 0 aliphatic heterocycles. The molecule has 1 amide bonds. The summed E-state index contributed by atoms with van der Waals surface area (Å²) in [7, 11) is 0. The molecule has 1 saturated carbocycles. The van der Waals surface area contributed by atoms with Gasteiger partial charge in [0.2, 0.25) is 5.92 Å². The number of hydrogen-bond donors (Lipinski definition) is 1. The Morgan fingerprint density at radius 3 is 2.68 bits per heavy atom. The van der Waals surface area contributed by atoms with Crippen molar-refractivity contribution in [1.29, 1.82) is 0 Å². The zero-order valence-electron chi connectivity index (χ0n) is 17.9. The molecule has 1 fully saturated rings. The van der Waals surface area contributed by atoms with E-state index in [2.05, 4.69) is 32.3 Å². The van der Waals surface area contributed by atoms with Gasteiger partial charge in [-0.05, 0) is 30.4 Å². The molecule has 1 N–H and O–H groups in total. The van der Waals surface area contributed by atoms with Crippen LogP contribution < -0.4 is 5.32 Å². The molecular weight excluding hydrogens is 461 g/mol. The van der Waals surface area contributed by atoms with E-state index in [9.17, 15) is 26.7 Å². The van der Waals surface area contributed by atoms with Gasteiger partial charge in [0.1, 0.15) is 5.69 Å². The third-order valence-electron chi connectivity index (χ3n) is 5.91. The Labute approximate surface area is 190 Å². The van der Waals surface area contributed by atoms with Crippen LogP contribution in [0.1, 0.15) is 53.5 Å². The van der Waals surface area contributed by atoms with Gasteiger partial charge in [0.15, 0.2) is 11.8 Å². The number of nitrogens with zero attached hydrogens (tertiary/aromatic N) is 6. The van der Waals surface area contributed by atoms with E-state index in [-0.39, 0.29) is 37.3 Å². The summed E-state index contributed by atoms with van der Waals surface area (Å²) in [5.41, 5.74) is 1.35. The lowest BCUT2D eigenvalue weighted by atomic mass is 9.81. The molecule has 2 unspecified atom stereocenters. The first-order chi connectivity index (χ1) is 16.2. The van der Waals surface area contributed by atoms with E-state index < -0.39 is 37.0 Å². The molecule has 1 aliphatic carbocycles. The Bertz CT molecular complexity index is 1170. The minimum atomic E-state index is -3.25. The summed E-state index contributed by atoms with van der Waals surface area (Å²) in [5.74, 6) is -3.91. The molecular formula is C21H22F5N7O. The first-order valence-corrected chi connectivity index (χ1v) is 10.6. The van der Waals surface area contributed by atoms with Crippen molar-refractivity contribution in [3.63, 3.8) is 0 Å². The van der Waals surface area contributed by atoms with Gasteiger partial charge in [-0.3, -0.25) is 4.79 Å². The second-order valence-electron chi connectivity index (χ2n) is 8.26. The lowest BCUT2D eigenvalue weighted by Crippen LogP contribution is -2.38. The Kier molecular flexibility index (Phi) is 6.62. The predicted molar refractivity (Wildman–Crippen MR) is 111 cm³/mol. The highest BCUT2D eigenvalue weighted by molar-refractivity contribution is 5.92. The van der Waals surface area contributed by atoms with Crippen LogP contribution in [0, 0.1) is 5.92 Å². The number of hydrogen-bond acceptors (Lipinski definition) is 5. The van der Waals surface area contributed by atoms with Gasteiger partial charge in [0.25, 0.3) is 12.3 Å². The van der Waals surface area contributed by atoms with Crippen LogP contribution in [0.15, 0.2) is 31.2 Å². The largest absolute Gasteiger partial charge is 0.342 e. The highest BCUT2D eigenvalue weighted by Crippen LogP contribution is 2.41. The number of amides is 1. The molecule has 2 atom stereocenters. The van der Waals surface area contributed by atoms with Crippen LogP contribution in [0.25, 0.3) is 11.7 Å². The Balaban J connectivity index is 1.63. The molecule has 8 nitrogen and oxygen atoms in total. The van der Waals surface area contributed by atoms with Gasteiger partial charge in [0.05, 0.1) is 36.9 Å². The molecule has 13 heteroatoms. The Morgan fingerprint density at radius 1 is 1.26 bits per heavy atom. The van der Waals surface area contributed by atoms with Crippen molar-refractivity contribution >= 4 is 17.6 Å². The van der Waals surface area contributed by atoms with E-state index in [1.807, 2.05) is 0 Å². The lowest BCUT2D eigenvalue weighted by molar-refractivity contribution is -0.0495. The van der Waals surface area contributed by atoms with Crippen LogP contribution in [0.5, 0.6) is 0 Å². The van der Waals surface area contributed by atoms with Crippen molar-refractivity contribution in [1.82, 2.24) is 34.9 Å². The summed E-state index contributed by atoms with van der Waals surface area (Å²) in [4.78, 5) is 17.5. The highest BCUT2D eigenvalue weighted by atomic mass is 19.3. The second-order valence-corrected chi connectivity index (χ2v) is 8.26. The summed E-state index contributed by atoms with van der Waals surface area (Å²) in [5, 5.41) is 14.0. The van der Waals surface area contributed by atoms with Gasteiger partial charge in [-0.2, -0.15) is 5.10 Å². The van der Waals surface area contributed by atoms with E-state index in [1.54, 1.807) is 24.5 Å². The van der Waals surface area contributed by atoms with Crippen LogP contribution in [0.2, 0.25) is 0 Å². The van der Waals surface area contributed by atoms with Crippen molar-refractivity contribution in [2.45, 2.75) is 56.8 Å². The number of carbonyl (C=O) groups excluding carboxylic acids is 1. The molecule has 3 heterocycles. The molecule has 4 rings (SSSR count). The van der Waals surface area contributed by atoms with Gasteiger partial charge in [0, 0.05) is 12.8 Å².